The maximum absolute atomic E-state index is 11.5. The molecule has 0 saturated carbocycles. The van der Waals surface area contributed by atoms with Crippen LogP contribution < -0.4 is 10.6 Å². The molecule has 2 rings (SSSR count). The average molecular weight is 287 g/mol. The minimum absolute atomic E-state index is 0.0409. The first-order valence-corrected chi connectivity index (χ1v) is 7.10. The lowest BCUT2D eigenvalue weighted by atomic mass is 10.1. The Balaban J connectivity index is 1.76. The highest BCUT2D eigenvalue weighted by atomic mass is 16.5. The second-order valence-corrected chi connectivity index (χ2v) is 4.76. The molecule has 0 fully saturated rings. The number of aromatic nitrogens is 1. The predicted octanol–water partition coefficient (Wildman–Crippen LogP) is 1.48. The number of nitrogens with zero attached hydrogens (tertiary/aromatic N) is 1. The zero-order valence-electron chi connectivity index (χ0n) is 12.3. The molecule has 1 aromatic heterocycles. The molecule has 0 radical (unpaired) electrons. The summed E-state index contributed by atoms with van der Waals surface area (Å²) in [5, 5.41) is 7.24. The van der Waals surface area contributed by atoms with E-state index < -0.39 is 0 Å². The Morgan fingerprint density at radius 1 is 1.24 bits per heavy atom. The number of carbonyl (C=O) groups excluding carboxylic acids is 1. The van der Waals surface area contributed by atoms with Gasteiger partial charge in [0.25, 0.3) is 0 Å². The maximum Gasteiger partial charge on any atom is 0.221 e. The molecule has 112 valence electrons. The Morgan fingerprint density at radius 2 is 2.10 bits per heavy atom. The molecule has 0 saturated heterocycles. The first-order chi connectivity index (χ1) is 10.3. The minimum atomic E-state index is 0.0409. The molecule has 1 aromatic carbocycles. The molecule has 5 heteroatoms. The molecular weight excluding hydrogens is 266 g/mol. The van der Waals surface area contributed by atoms with Crippen LogP contribution in [0.1, 0.15) is 12.0 Å². The maximum atomic E-state index is 11.5. The third-order valence-electron chi connectivity index (χ3n) is 3.21. The van der Waals surface area contributed by atoms with Gasteiger partial charge in [-0.25, -0.2) is 0 Å². The van der Waals surface area contributed by atoms with Crippen LogP contribution in [0.4, 0.5) is 0 Å². The molecule has 0 aliphatic carbocycles. The molecule has 0 unspecified atom stereocenters. The van der Waals surface area contributed by atoms with Crippen LogP contribution in [0.25, 0.3) is 10.9 Å². The van der Waals surface area contributed by atoms with Crippen LogP contribution in [0.2, 0.25) is 0 Å². The molecule has 0 spiro atoms. The fraction of sp³-hybridized carbons (Fsp3) is 0.375. The van der Waals surface area contributed by atoms with Gasteiger partial charge in [-0.3, -0.25) is 9.78 Å². The van der Waals surface area contributed by atoms with E-state index in [4.69, 9.17) is 4.74 Å². The molecule has 0 aliphatic heterocycles. The van der Waals surface area contributed by atoms with Crippen LogP contribution in [-0.4, -0.2) is 37.7 Å². The van der Waals surface area contributed by atoms with Crippen LogP contribution in [0.15, 0.2) is 36.5 Å². The Bertz CT molecular complexity index is 581. The van der Waals surface area contributed by atoms with Crippen molar-refractivity contribution in [2.45, 2.75) is 13.0 Å². The van der Waals surface area contributed by atoms with Gasteiger partial charge in [0.1, 0.15) is 0 Å². The Labute approximate surface area is 124 Å². The number of pyridine rings is 1. The van der Waals surface area contributed by atoms with Crippen LogP contribution in [0.3, 0.4) is 0 Å². The molecule has 2 aromatic rings. The van der Waals surface area contributed by atoms with E-state index in [9.17, 15) is 4.79 Å². The summed E-state index contributed by atoms with van der Waals surface area (Å²) in [6, 6.07) is 10.1. The summed E-state index contributed by atoms with van der Waals surface area (Å²) in [4.78, 5) is 15.9. The molecular formula is C16H21N3O2. The van der Waals surface area contributed by atoms with E-state index >= 15 is 0 Å². The van der Waals surface area contributed by atoms with Crippen molar-refractivity contribution in [3.63, 3.8) is 0 Å². The number of benzene rings is 1. The molecule has 1 heterocycles. The second kappa shape index (κ2) is 8.34. The lowest BCUT2D eigenvalue weighted by Gasteiger charge is -2.08. The minimum Gasteiger partial charge on any atom is -0.383 e. The topological polar surface area (TPSA) is 63.2 Å². The first-order valence-electron chi connectivity index (χ1n) is 7.10. The van der Waals surface area contributed by atoms with Crippen molar-refractivity contribution in [1.29, 1.82) is 0 Å². The predicted molar refractivity (Wildman–Crippen MR) is 83.0 cm³/mol. The quantitative estimate of drug-likeness (QED) is 0.722. The fourth-order valence-electron chi connectivity index (χ4n) is 2.12. The number of fused-ring (bicyclic) bond motifs is 1. The van der Waals surface area contributed by atoms with Crippen molar-refractivity contribution in [1.82, 2.24) is 15.6 Å². The molecule has 21 heavy (non-hydrogen) atoms. The zero-order valence-corrected chi connectivity index (χ0v) is 12.3. The molecule has 1 amide bonds. The van der Waals surface area contributed by atoms with Gasteiger partial charge < -0.3 is 15.4 Å². The Morgan fingerprint density at radius 3 is 2.95 bits per heavy atom. The van der Waals surface area contributed by atoms with E-state index in [0.29, 0.717) is 26.1 Å². The molecule has 5 nitrogen and oxygen atoms in total. The van der Waals surface area contributed by atoms with Gasteiger partial charge in [-0.2, -0.15) is 0 Å². The number of hydrogen-bond donors (Lipinski definition) is 2. The molecule has 0 atom stereocenters. The fourth-order valence-corrected chi connectivity index (χ4v) is 2.12. The van der Waals surface area contributed by atoms with E-state index in [2.05, 4.69) is 21.7 Å². The van der Waals surface area contributed by atoms with E-state index in [0.717, 1.165) is 17.4 Å². The van der Waals surface area contributed by atoms with E-state index in [1.807, 2.05) is 30.5 Å². The second-order valence-electron chi connectivity index (χ2n) is 4.76. The number of nitrogens with one attached hydrogen (secondary N) is 2. The van der Waals surface area contributed by atoms with Crippen molar-refractivity contribution in [2.24, 2.45) is 0 Å². The summed E-state index contributed by atoms with van der Waals surface area (Å²) in [6.07, 6.45) is 2.28. The van der Waals surface area contributed by atoms with Crippen molar-refractivity contribution in [3.8, 4) is 0 Å². The van der Waals surface area contributed by atoms with Gasteiger partial charge in [0, 0.05) is 44.7 Å². The lowest BCUT2D eigenvalue weighted by molar-refractivity contribution is -0.121. The zero-order chi connectivity index (χ0) is 14.9. The van der Waals surface area contributed by atoms with Gasteiger partial charge in [0.2, 0.25) is 5.91 Å². The highest BCUT2D eigenvalue weighted by molar-refractivity contribution is 5.81. The average Bonchev–Trinajstić information content (AvgIpc) is 2.52. The molecule has 0 bridgehead atoms. The summed E-state index contributed by atoms with van der Waals surface area (Å²) in [6.45, 7) is 2.48. The third kappa shape index (κ3) is 4.81. The van der Waals surface area contributed by atoms with E-state index in [1.165, 1.54) is 5.56 Å². The SMILES string of the molecule is COCCNC(=O)CCNCc1ccnc2ccccc12. The normalized spacial score (nSPS) is 10.7. The third-order valence-corrected chi connectivity index (χ3v) is 3.21. The van der Waals surface area contributed by atoms with Crippen molar-refractivity contribution in [3.05, 3.63) is 42.1 Å². The first kappa shape index (κ1) is 15.4. The number of hydrogen-bond acceptors (Lipinski definition) is 4. The summed E-state index contributed by atoms with van der Waals surface area (Å²) < 4.78 is 4.88. The van der Waals surface area contributed by atoms with Gasteiger partial charge in [-0.05, 0) is 17.7 Å². The van der Waals surface area contributed by atoms with Crippen LogP contribution in [0, 0.1) is 0 Å². The van der Waals surface area contributed by atoms with Crippen molar-refractivity contribution in [2.75, 3.05) is 26.8 Å². The Hall–Kier alpha value is -1.98. The number of ether oxygens (including phenoxy) is 1. The Kier molecular flexibility index (Phi) is 6.12. The van der Waals surface area contributed by atoms with Gasteiger partial charge >= 0.3 is 0 Å². The van der Waals surface area contributed by atoms with Crippen molar-refractivity contribution < 1.29 is 9.53 Å². The summed E-state index contributed by atoms with van der Waals surface area (Å²) in [5.41, 5.74) is 2.19. The summed E-state index contributed by atoms with van der Waals surface area (Å²) >= 11 is 0. The van der Waals surface area contributed by atoms with E-state index in [-0.39, 0.29) is 5.91 Å². The van der Waals surface area contributed by atoms with Gasteiger partial charge in [0.05, 0.1) is 12.1 Å². The van der Waals surface area contributed by atoms with Crippen LogP contribution in [0.5, 0.6) is 0 Å². The highest BCUT2D eigenvalue weighted by Crippen LogP contribution is 2.15. The summed E-state index contributed by atoms with van der Waals surface area (Å²) in [7, 11) is 1.62. The number of para-hydroxylation sites is 1. The summed E-state index contributed by atoms with van der Waals surface area (Å²) in [5.74, 6) is 0.0409. The van der Waals surface area contributed by atoms with Crippen LogP contribution >= 0.6 is 0 Å². The van der Waals surface area contributed by atoms with E-state index in [1.54, 1.807) is 7.11 Å². The van der Waals surface area contributed by atoms with Crippen molar-refractivity contribution >= 4 is 16.8 Å². The monoisotopic (exact) mass is 287 g/mol. The molecule has 0 aliphatic rings. The molecule has 2 N–H and O–H groups in total. The number of methoxy groups -OCH3 is 1. The van der Waals surface area contributed by atoms with Gasteiger partial charge in [-0.1, -0.05) is 18.2 Å². The number of amides is 1. The van der Waals surface area contributed by atoms with Crippen LogP contribution in [-0.2, 0) is 16.1 Å². The number of carbonyl (C=O) groups is 1. The lowest BCUT2D eigenvalue weighted by Crippen LogP contribution is -2.29. The van der Waals surface area contributed by atoms with Gasteiger partial charge in [-0.15, -0.1) is 0 Å². The highest BCUT2D eigenvalue weighted by Gasteiger charge is 2.02. The standard InChI is InChI=1S/C16H21N3O2/c1-21-11-10-19-16(20)7-8-17-12-13-6-9-18-15-5-3-2-4-14(13)15/h2-6,9,17H,7-8,10-12H2,1H3,(H,19,20). The van der Waals surface area contributed by atoms with Gasteiger partial charge in [0.15, 0.2) is 0 Å². The largest absolute Gasteiger partial charge is 0.383 e. The smallest absolute Gasteiger partial charge is 0.221 e. The number of rotatable bonds is 8.